The minimum absolute atomic E-state index is 0.000716. The highest BCUT2D eigenvalue weighted by Crippen LogP contribution is 2.43. The van der Waals surface area contributed by atoms with Gasteiger partial charge in [-0.3, -0.25) is 0 Å². The van der Waals surface area contributed by atoms with E-state index in [-0.39, 0.29) is 37.0 Å². The molecule has 6 atom stereocenters. The number of epoxide rings is 1. The normalized spacial score (nSPS) is 44.3. The van der Waals surface area contributed by atoms with Crippen LogP contribution < -0.4 is 0 Å². The lowest BCUT2D eigenvalue weighted by atomic mass is 10.0. The second-order valence-electron chi connectivity index (χ2n) is 5.02. The summed E-state index contributed by atoms with van der Waals surface area (Å²) in [4.78, 5) is 0. The number of ether oxygens (including phenoxy) is 5. The van der Waals surface area contributed by atoms with Gasteiger partial charge in [0, 0.05) is 12.7 Å². The molecule has 5 nitrogen and oxygen atoms in total. The Morgan fingerprint density at radius 2 is 1.84 bits per heavy atom. The first-order valence-corrected chi connectivity index (χ1v) is 6.52. The second kappa shape index (κ2) is 4.54. The molecule has 0 aromatic heterocycles. The predicted molar refractivity (Wildman–Crippen MR) is 64.3 cm³/mol. The third kappa shape index (κ3) is 1.98. The van der Waals surface area contributed by atoms with E-state index in [1.54, 1.807) is 7.11 Å². The molecule has 1 aromatic carbocycles. The van der Waals surface area contributed by atoms with Crippen LogP contribution in [-0.2, 0) is 23.7 Å². The fourth-order valence-electron chi connectivity index (χ4n) is 2.80. The van der Waals surface area contributed by atoms with Crippen molar-refractivity contribution < 1.29 is 23.7 Å². The number of hydrogen-bond donors (Lipinski definition) is 0. The van der Waals surface area contributed by atoms with Gasteiger partial charge in [-0.05, 0) is 0 Å². The minimum atomic E-state index is -0.338. The van der Waals surface area contributed by atoms with Crippen molar-refractivity contribution in [2.75, 3.05) is 13.7 Å². The first kappa shape index (κ1) is 11.8. The van der Waals surface area contributed by atoms with E-state index in [4.69, 9.17) is 23.7 Å². The van der Waals surface area contributed by atoms with E-state index in [1.165, 1.54) is 0 Å². The summed E-state index contributed by atoms with van der Waals surface area (Å²) in [6.45, 7) is 0.497. The van der Waals surface area contributed by atoms with Crippen LogP contribution >= 0.6 is 0 Å². The van der Waals surface area contributed by atoms with Gasteiger partial charge >= 0.3 is 0 Å². The van der Waals surface area contributed by atoms with E-state index in [1.807, 2.05) is 30.3 Å². The Morgan fingerprint density at radius 3 is 2.63 bits per heavy atom. The summed E-state index contributed by atoms with van der Waals surface area (Å²) in [7, 11) is 1.63. The van der Waals surface area contributed by atoms with E-state index >= 15 is 0 Å². The Labute approximate surface area is 111 Å². The smallest absolute Gasteiger partial charge is 0.186 e. The van der Waals surface area contributed by atoms with Crippen LogP contribution in [0.2, 0.25) is 0 Å². The molecule has 0 N–H and O–H groups in total. The van der Waals surface area contributed by atoms with Gasteiger partial charge in [0.05, 0.1) is 6.61 Å². The van der Waals surface area contributed by atoms with Gasteiger partial charge in [-0.2, -0.15) is 0 Å². The maximum absolute atomic E-state index is 6.00. The first-order valence-electron chi connectivity index (χ1n) is 6.52. The molecule has 102 valence electrons. The number of rotatable bonds is 2. The molecule has 5 heteroatoms. The summed E-state index contributed by atoms with van der Waals surface area (Å²) >= 11 is 0. The average Bonchev–Trinajstić information content (AvgIpc) is 3.27. The van der Waals surface area contributed by atoms with Crippen LogP contribution in [0.3, 0.4) is 0 Å². The molecule has 3 fully saturated rings. The molecule has 0 radical (unpaired) electrons. The van der Waals surface area contributed by atoms with Crippen LogP contribution in [0.1, 0.15) is 11.9 Å². The Balaban J connectivity index is 1.50. The summed E-state index contributed by atoms with van der Waals surface area (Å²) in [5.74, 6) is 0. The fraction of sp³-hybridized carbons (Fsp3) is 0.571. The highest BCUT2D eigenvalue weighted by molar-refractivity contribution is 5.17. The van der Waals surface area contributed by atoms with Crippen molar-refractivity contribution in [2.45, 2.75) is 37.0 Å². The van der Waals surface area contributed by atoms with Crippen molar-refractivity contribution in [1.82, 2.24) is 0 Å². The first-order chi connectivity index (χ1) is 9.36. The van der Waals surface area contributed by atoms with Crippen LogP contribution in [-0.4, -0.2) is 44.4 Å². The number of fused-ring (bicyclic) bond motifs is 3. The van der Waals surface area contributed by atoms with Crippen molar-refractivity contribution in [2.24, 2.45) is 0 Å². The summed E-state index contributed by atoms with van der Waals surface area (Å²) in [6, 6.07) is 9.92. The summed E-state index contributed by atoms with van der Waals surface area (Å²) < 4.78 is 28.4. The number of methoxy groups -OCH3 is 1. The Kier molecular flexibility index (Phi) is 2.82. The second-order valence-corrected chi connectivity index (χ2v) is 5.02. The molecular weight excluding hydrogens is 248 g/mol. The van der Waals surface area contributed by atoms with Crippen molar-refractivity contribution >= 4 is 0 Å². The summed E-state index contributed by atoms with van der Waals surface area (Å²) in [5, 5.41) is 0. The highest BCUT2D eigenvalue weighted by atomic mass is 16.8. The monoisotopic (exact) mass is 264 g/mol. The maximum atomic E-state index is 6.00. The van der Waals surface area contributed by atoms with Gasteiger partial charge in [-0.1, -0.05) is 30.3 Å². The van der Waals surface area contributed by atoms with Gasteiger partial charge in [0.25, 0.3) is 0 Å². The van der Waals surface area contributed by atoms with Crippen molar-refractivity contribution in [1.29, 1.82) is 0 Å². The molecule has 0 amide bonds. The Morgan fingerprint density at radius 1 is 1.00 bits per heavy atom. The van der Waals surface area contributed by atoms with E-state index in [2.05, 4.69) is 0 Å². The van der Waals surface area contributed by atoms with Gasteiger partial charge in [0.2, 0.25) is 0 Å². The third-order valence-corrected chi connectivity index (χ3v) is 3.83. The van der Waals surface area contributed by atoms with E-state index < -0.39 is 0 Å². The minimum Gasteiger partial charge on any atom is -0.361 e. The molecule has 0 unspecified atom stereocenters. The van der Waals surface area contributed by atoms with Crippen LogP contribution in [0.25, 0.3) is 0 Å². The lowest BCUT2D eigenvalue weighted by Crippen LogP contribution is -2.52. The van der Waals surface area contributed by atoms with Crippen molar-refractivity contribution in [3.05, 3.63) is 35.9 Å². The molecule has 0 saturated carbocycles. The fourth-order valence-corrected chi connectivity index (χ4v) is 2.80. The topological polar surface area (TPSA) is 49.5 Å². The average molecular weight is 264 g/mol. The van der Waals surface area contributed by atoms with Crippen LogP contribution in [0.4, 0.5) is 0 Å². The summed E-state index contributed by atoms with van der Waals surface area (Å²) in [6.07, 6.45) is -0.759. The third-order valence-electron chi connectivity index (χ3n) is 3.83. The van der Waals surface area contributed by atoms with Crippen LogP contribution in [0.5, 0.6) is 0 Å². The van der Waals surface area contributed by atoms with Gasteiger partial charge in [0.15, 0.2) is 12.6 Å². The Bertz CT molecular complexity index is 450. The van der Waals surface area contributed by atoms with E-state index in [9.17, 15) is 0 Å². The van der Waals surface area contributed by atoms with Gasteiger partial charge < -0.3 is 23.7 Å². The highest BCUT2D eigenvalue weighted by Gasteiger charge is 2.60. The molecule has 3 aliphatic heterocycles. The van der Waals surface area contributed by atoms with Crippen molar-refractivity contribution in [3.63, 3.8) is 0 Å². The molecule has 1 aromatic rings. The lowest BCUT2D eigenvalue weighted by molar-refractivity contribution is -0.304. The zero-order chi connectivity index (χ0) is 12.8. The van der Waals surface area contributed by atoms with Crippen molar-refractivity contribution in [3.8, 4) is 0 Å². The molecule has 0 spiro atoms. The molecule has 4 rings (SSSR count). The predicted octanol–water partition coefficient (Wildman–Crippen LogP) is 1.24. The van der Waals surface area contributed by atoms with Gasteiger partial charge in [-0.25, -0.2) is 0 Å². The number of benzene rings is 1. The van der Waals surface area contributed by atoms with Crippen LogP contribution in [0, 0.1) is 0 Å². The van der Waals surface area contributed by atoms with Crippen LogP contribution in [0.15, 0.2) is 30.3 Å². The molecule has 3 heterocycles. The zero-order valence-electron chi connectivity index (χ0n) is 10.6. The summed E-state index contributed by atoms with van der Waals surface area (Å²) in [5.41, 5.74) is 1.02. The number of hydrogen-bond acceptors (Lipinski definition) is 5. The largest absolute Gasteiger partial charge is 0.361 e. The molecule has 0 bridgehead atoms. The standard InChI is InChI=1S/C14H16O5/c1-15-14-12-11(18-12)10-9(17-14)7-16-13(19-10)8-5-3-2-4-6-8/h2-6,9-14H,7H2,1H3/t9-,10+,11-,12-,13+,14-/m1/s1. The molecule has 19 heavy (non-hydrogen) atoms. The zero-order valence-corrected chi connectivity index (χ0v) is 10.6. The molecule has 3 saturated heterocycles. The lowest BCUT2D eigenvalue weighted by Gasteiger charge is -2.39. The van der Waals surface area contributed by atoms with E-state index in [0.717, 1.165) is 5.56 Å². The molecule has 3 aliphatic rings. The van der Waals surface area contributed by atoms with Gasteiger partial charge in [-0.15, -0.1) is 0 Å². The Hall–Kier alpha value is -0.980. The quantitative estimate of drug-likeness (QED) is 0.752. The van der Waals surface area contributed by atoms with Gasteiger partial charge in [0.1, 0.15) is 24.4 Å². The SMILES string of the molecule is CO[C@@H]1O[C@@H]2CO[C@H](c3ccccc3)O[C@@H]2[C@H]2O[C@@H]12. The maximum Gasteiger partial charge on any atom is 0.186 e. The molecule has 0 aliphatic carbocycles. The molecular formula is C14H16O5. The van der Waals surface area contributed by atoms with E-state index in [0.29, 0.717) is 6.61 Å².